The fourth-order valence-electron chi connectivity index (χ4n) is 7.76. The Morgan fingerprint density at radius 2 is 1.00 bits per heavy atom. The van der Waals surface area contributed by atoms with Gasteiger partial charge in [0.2, 0.25) is 23.6 Å². The number of likely N-dealkylation sites (tertiary alicyclic amines) is 2. The molecule has 3 aromatic carbocycles. The van der Waals surface area contributed by atoms with Gasteiger partial charge < -0.3 is 45.4 Å². The van der Waals surface area contributed by atoms with Crippen LogP contribution in [0.3, 0.4) is 0 Å². The third kappa shape index (κ3) is 12.0. The standard InChI is InChI=1S/C46H60FN7O8/c1-45(2,3)37(50-43(59)61-7)41(57)53-25-9-11-35(53)39(55)48-32-19-13-29(14-20-32)27-52(34-23-17-31(47)18-24-34)28-30-15-21-33(22-16-30)49-40(56)36-12-10-26-54(36)42(58)38(46(4,5)6)51-44(60)62-8/h13-24,35-38H,9-12,25-28H2,1-8H3,(H,48,55)(H,49,56)(H,50,59)(H,51,60). The van der Waals surface area contributed by atoms with Gasteiger partial charge in [-0.1, -0.05) is 65.8 Å². The predicted molar refractivity (Wildman–Crippen MR) is 233 cm³/mol. The highest BCUT2D eigenvalue weighted by molar-refractivity contribution is 6.00. The highest BCUT2D eigenvalue weighted by atomic mass is 19.1. The molecule has 4 unspecified atom stereocenters. The summed E-state index contributed by atoms with van der Waals surface area (Å²) in [5.74, 6) is -1.69. The van der Waals surface area contributed by atoms with Gasteiger partial charge in [-0.25, -0.2) is 14.0 Å². The Hall–Kier alpha value is -6.19. The molecule has 16 heteroatoms. The first-order valence-electron chi connectivity index (χ1n) is 20.9. The first-order valence-corrected chi connectivity index (χ1v) is 20.9. The van der Waals surface area contributed by atoms with E-state index in [1.807, 2.05) is 65.8 Å². The molecule has 0 aromatic heterocycles. The van der Waals surface area contributed by atoms with Gasteiger partial charge in [-0.05, 0) is 96.2 Å². The van der Waals surface area contributed by atoms with E-state index in [2.05, 4.69) is 26.2 Å². The van der Waals surface area contributed by atoms with Crippen LogP contribution >= 0.6 is 0 Å². The van der Waals surface area contributed by atoms with E-state index in [0.717, 1.165) is 16.8 Å². The summed E-state index contributed by atoms with van der Waals surface area (Å²) < 4.78 is 23.5. The van der Waals surface area contributed by atoms with Crippen molar-refractivity contribution in [2.75, 3.05) is 42.8 Å². The summed E-state index contributed by atoms with van der Waals surface area (Å²) in [6.45, 7) is 12.7. The van der Waals surface area contributed by atoms with Crippen LogP contribution in [0.1, 0.15) is 78.4 Å². The highest BCUT2D eigenvalue weighted by Crippen LogP contribution is 2.29. The van der Waals surface area contributed by atoms with Crippen molar-refractivity contribution < 1.29 is 42.6 Å². The van der Waals surface area contributed by atoms with Gasteiger partial charge >= 0.3 is 12.2 Å². The van der Waals surface area contributed by atoms with Gasteiger partial charge in [0.25, 0.3) is 0 Å². The molecule has 6 amide bonds. The fourth-order valence-corrected chi connectivity index (χ4v) is 7.76. The summed E-state index contributed by atoms with van der Waals surface area (Å²) in [5, 5.41) is 11.2. The Morgan fingerprint density at radius 1 is 0.629 bits per heavy atom. The van der Waals surface area contributed by atoms with E-state index in [4.69, 9.17) is 9.47 Å². The third-order valence-corrected chi connectivity index (χ3v) is 11.2. The normalized spacial score (nSPS) is 17.4. The number of nitrogens with one attached hydrogen (secondary N) is 4. The molecule has 2 heterocycles. The molecule has 2 aliphatic heterocycles. The van der Waals surface area contributed by atoms with E-state index in [0.29, 0.717) is 63.2 Å². The molecule has 0 saturated carbocycles. The zero-order chi connectivity index (χ0) is 45.4. The molecule has 3 aromatic rings. The maximum atomic E-state index is 14.0. The second-order valence-electron chi connectivity index (χ2n) is 18.0. The van der Waals surface area contributed by atoms with Crippen LogP contribution in [-0.2, 0) is 41.7 Å². The topological polar surface area (TPSA) is 179 Å². The smallest absolute Gasteiger partial charge is 0.407 e. The van der Waals surface area contributed by atoms with Crippen LogP contribution in [0.5, 0.6) is 0 Å². The molecule has 0 radical (unpaired) electrons. The number of carbonyl (C=O) groups is 6. The summed E-state index contributed by atoms with van der Waals surface area (Å²) in [6, 6.07) is 17.8. The van der Waals surface area contributed by atoms with Crippen LogP contribution < -0.4 is 26.2 Å². The number of methoxy groups -OCH3 is 2. The average Bonchev–Trinajstić information content (AvgIpc) is 3.93. The molecule has 15 nitrogen and oxygen atoms in total. The first kappa shape index (κ1) is 46.9. The van der Waals surface area contributed by atoms with Crippen molar-refractivity contribution in [3.63, 3.8) is 0 Å². The number of benzene rings is 3. The van der Waals surface area contributed by atoms with E-state index in [-0.39, 0.29) is 29.4 Å². The van der Waals surface area contributed by atoms with Crippen LogP contribution in [-0.4, -0.2) is 97.1 Å². The second-order valence-corrected chi connectivity index (χ2v) is 18.0. The Balaban J connectivity index is 1.23. The monoisotopic (exact) mass is 857 g/mol. The maximum absolute atomic E-state index is 14.0. The Morgan fingerprint density at radius 3 is 1.34 bits per heavy atom. The zero-order valence-corrected chi connectivity index (χ0v) is 36.9. The van der Waals surface area contributed by atoms with Crippen molar-refractivity contribution >= 4 is 52.9 Å². The molecular weight excluding hydrogens is 798 g/mol. The predicted octanol–water partition coefficient (Wildman–Crippen LogP) is 6.43. The van der Waals surface area contributed by atoms with Crippen LogP contribution in [0.4, 0.5) is 31.0 Å². The Bertz CT molecular complexity index is 1940. The van der Waals surface area contributed by atoms with E-state index in [9.17, 15) is 33.2 Å². The van der Waals surface area contributed by atoms with E-state index in [1.54, 1.807) is 36.4 Å². The number of ether oxygens (including phenoxy) is 2. The van der Waals surface area contributed by atoms with Gasteiger partial charge in [0.05, 0.1) is 14.2 Å². The van der Waals surface area contributed by atoms with Gasteiger partial charge in [0.1, 0.15) is 30.0 Å². The van der Waals surface area contributed by atoms with Crippen LogP contribution in [0, 0.1) is 16.6 Å². The number of carbonyl (C=O) groups excluding carboxylic acids is 6. The third-order valence-electron chi connectivity index (χ3n) is 11.2. The summed E-state index contributed by atoms with van der Waals surface area (Å²) in [5.41, 5.74) is 2.48. The molecular formula is C46H60FN7O8. The zero-order valence-electron chi connectivity index (χ0n) is 36.9. The number of anilines is 3. The molecule has 2 saturated heterocycles. The van der Waals surface area contributed by atoms with Crippen LogP contribution in [0.25, 0.3) is 0 Å². The number of hydrogen-bond acceptors (Lipinski definition) is 9. The summed E-state index contributed by atoms with van der Waals surface area (Å²) in [7, 11) is 2.47. The molecule has 4 atom stereocenters. The average molecular weight is 858 g/mol. The maximum Gasteiger partial charge on any atom is 0.407 e. The number of amides is 6. The minimum Gasteiger partial charge on any atom is -0.453 e. The van der Waals surface area contributed by atoms with Gasteiger partial charge in [0.15, 0.2) is 0 Å². The number of rotatable bonds is 13. The molecule has 5 rings (SSSR count). The lowest BCUT2D eigenvalue weighted by molar-refractivity contribution is -0.140. The molecule has 2 aliphatic rings. The number of alkyl carbamates (subject to hydrolysis) is 2. The quantitative estimate of drug-likeness (QED) is 0.151. The lowest BCUT2D eigenvalue weighted by Gasteiger charge is -2.35. The van der Waals surface area contributed by atoms with Crippen molar-refractivity contribution in [3.05, 3.63) is 89.7 Å². The molecule has 334 valence electrons. The van der Waals surface area contributed by atoms with Crippen molar-refractivity contribution in [1.29, 1.82) is 0 Å². The highest BCUT2D eigenvalue weighted by Gasteiger charge is 2.43. The van der Waals surface area contributed by atoms with E-state index in [1.165, 1.54) is 36.2 Å². The van der Waals surface area contributed by atoms with Gasteiger partial charge in [0, 0.05) is 43.2 Å². The molecule has 0 aliphatic carbocycles. The van der Waals surface area contributed by atoms with Crippen molar-refractivity contribution in [3.8, 4) is 0 Å². The first-order chi connectivity index (χ1) is 29.3. The minimum absolute atomic E-state index is 0.321. The molecule has 0 spiro atoms. The molecule has 62 heavy (non-hydrogen) atoms. The Kier molecular flexibility index (Phi) is 15.2. The summed E-state index contributed by atoms with van der Waals surface area (Å²) in [6.07, 6.45) is 0.824. The Labute approximate surface area is 363 Å². The van der Waals surface area contributed by atoms with Gasteiger partial charge in [-0.2, -0.15) is 0 Å². The largest absolute Gasteiger partial charge is 0.453 e. The van der Waals surface area contributed by atoms with Gasteiger partial charge in [-0.3, -0.25) is 19.2 Å². The summed E-state index contributed by atoms with van der Waals surface area (Å²) >= 11 is 0. The molecule has 0 bridgehead atoms. The lowest BCUT2D eigenvalue weighted by atomic mass is 9.85. The number of nitrogens with zero attached hydrogens (tertiary/aromatic N) is 3. The van der Waals surface area contributed by atoms with Gasteiger partial charge in [-0.15, -0.1) is 0 Å². The molecule has 2 fully saturated rings. The van der Waals surface area contributed by atoms with Crippen LogP contribution in [0.2, 0.25) is 0 Å². The summed E-state index contributed by atoms with van der Waals surface area (Å²) in [4.78, 5) is 83.6. The van der Waals surface area contributed by atoms with E-state index < -0.39 is 47.2 Å². The fraction of sp³-hybridized carbons (Fsp3) is 0.478. The van der Waals surface area contributed by atoms with Crippen LogP contribution in [0.15, 0.2) is 72.8 Å². The van der Waals surface area contributed by atoms with Crippen molar-refractivity contribution in [1.82, 2.24) is 20.4 Å². The molecule has 4 N–H and O–H groups in total. The number of halogens is 1. The van der Waals surface area contributed by atoms with Crippen molar-refractivity contribution in [2.24, 2.45) is 10.8 Å². The van der Waals surface area contributed by atoms with E-state index >= 15 is 0 Å². The second kappa shape index (κ2) is 20.1. The SMILES string of the molecule is COC(=O)NC(C(=O)N1CCCC1C(=O)Nc1ccc(CN(Cc2ccc(NC(=O)C3CCCN3C(=O)C(NC(=O)OC)C(C)(C)C)cc2)c2ccc(F)cc2)cc1)C(C)(C)C. The number of hydrogen-bond donors (Lipinski definition) is 4. The lowest BCUT2D eigenvalue weighted by Crippen LogP contribution is -2.57. The minimum atomic E-state index is -0.885. The van der Waals surface area contributed by atoms with Crippen molar-refractivity contribution in [2.45, 2.75) is 104 Å².